The number of carboxylic acids is 1. The zero-order chi connectivity index (χ0) is 34.8. The van der Waals surface area contributed by atoms with Gasteiger partial charge in [0.05, 0.1) is 31.6 Å². The van der Waals surface area contributed by atoms with Gasteiger partial charge in [-0.3, -0.25) is 19.1 Å². The van der Waals surface area contributed by atoms with Crippen LogP contribution < -0.4 is 25.4 Å². The quantitative estimate of drug-likeness (QED) is 0.141. The fraction of sp³-hybridized carbons (Fsp3) is 0.368. The normalized spacial score (nSPS) is 13.2. The van der Waals surface area contributed by atoms with E-state index in [1.54, 1.807) is 18.3 Å². The Hall–Kier alpha value is -5.16. The number of hydrogen-bond donors (Lipinski definition) is 3. The van der Waals surface area contributed by atoms with Crippen LogP contribution in [0.25, 0.3) is 11.1 Å². The third-order valence-corrected chi connectivity index (χ3v) is 8.76. The van der Waals surface area contributed by atoms with Crippen LogP contribution >= 0.6 is 0 Å². The molecule has 1 aliphatic rings. The number of ether oxygens (including phenoxy) is 2. The third-order valence-electron chi connectivity index (χ3n) is 8.76. The van der Waals surface area contributed by atoms with Crippen LogP contribution in [0.5, 0.6) is 11.5 Å². The number of anilines is 1. The zero-order valence-corrected chi connectivity index (χ0v) is 28.2. The molecule has 11 heteroatoms. The number of hydrogen-bond acceptors (Lipinski definition) is 7. The molecule has 0 saturated carbocycles. The molecule has 0 fully saturated rings. The highest BCUT2D eigenvalue weighted by Crippen LogP contribution is 2.40. The molecule has 49 heavy (non-hydrogen) atoms. The second kappa shape index (κ2) is 16.8. The molecule has 4 N–H and O–H groups in total. The number of aliphatic carboxylic acids is 1. The smallest absolute Gasteiger partial charge is 0.320 e. The molecule has 0 saturated heterocycles. The van der Waals surface area contributed by atoms with Gasteiger partial charge in [0.25, 0.3) is 5.91 Å². The number of rotatable bonds is 15. The number of unbranched alkanes of at least 4 members (excludes halogenated alkanes) is 1. The minimum Gasteiger partial charge on any atom is -0.493 e. The van der Waals surface area contributed by atoms with Gasteiger partial charge in [0.15, 0.2) is 5.75 Å². The van der Waals surface area contributed by atoms with Gasteiger partial charge >= 0.3 is 5.97 Å². The molecular formula is C38H45N5O6. The maximum absolute atomic E-state index is 13.4. The summed E-state index contributed by atoms with van der Waals surface area (Å²) in [7, 11) is 0. The lowest BCUT2D eigenvalue weighted by Crippen LogP contribution is -2.31. The lowest BCUT2D eigenvalue weighted by atomic mass is 10.1. The molecule has 0 bridgehead atoms. The third kappa shape index (κ3) is 9.26. The maximum atomic E-state index is 13.4. The van der Waals surface area contributed by atoms with Gasteiger partial charge in [-0.25, -0.2) is 0 Å². The first-order valence-electron chi connectivity index (χ1n) is 16.8. The lowest BCUT2D eigenvalue weighted by Gasteiger charge is -2.23. The van der Waals surface area contributed by atoms with Gasteiger partial charge < -0.3 is 30.5 Å². The first-order valence-corrected chi connectivity index (χ1v) is 16.8. The van der Waals surface area contributed by atoms with E-state index in [0.717, 1.165) is 40.1 Å². The Labute approximate surface area is 287 Å². The largest absolute Gasteiger partial charge is 0.493 e. The van der Waals surface area contributed by atoms with Crippen LogP contribution in [0.4, 0.5) is 5.69 Å². The Morgan fingerprint density at radius 2 is 1.84 bits per heavy atom. The van der Waals surface area contributed by atoms with Crippen LogP contribution in [0, 0.1) is 13.8 Å². The van der Waals surface area contributed by atoms with E-state index in [-0.39, 0.29) is 11.8 Å². The van der Waals surface area contributed by atoms with Crippen molar-refractivity contribution in [3.8, 4) is 22.6 Å². The Kier molecular flexibility index (Phi) is 12.0. The van der Waals surface area contributed by atoms with Gasteiger partial charge in [-0.1, -0.05) is 36.4 Å². The number of carboxylic acid groups (broad SMARTS) is 1. The number of para-hydroxylation sites is 1. The van der Waals surface area contributed by atoms with E-state index in [4.69, 9.17) is 20.3 Å². The van der Waals surface area contributed by atoms with Crippen molar-refractivity contribution in [3.63, 3.8) is 0 Å². The van der Waals surface area contributed by atoms with Gasteiger partial charge in [0.2, 0.25) is 5.91 Å². The van der Waals surface area contributed by atoms with Crippen LogP contribution in [0.3, 0.4) is 0 Å². The number of nitrogens with two attached hydrogens (primary N) is 1. The topological polar surface area (TPSA) is 149 Å². The predicted molar refractivity (Wildman–Crippen MR) is 188 cm³/mol. The van der Waals surface area contributed by atoms with Crippen molar-refractivity contribution in [1.82, 2.24) is 15.1 Å². The number of aromatic nitrogens is 2. The van der Waals surface area contributed by atoms with E-state index in [9.17, 15) is 14.4 Å². The van der Waals surface area contributed by atoms with E-state index >= 15 is 0 Å². The Morgan fingerprint density at radius 1 is 1.04 bits per heavy atom. The van der Waals surface area contributed by atoms with Gasteiger partial charge in [0, 0.05) is 42.4 Å². The Bertz CT molecular complexity index is 1750. The highest BCUT2D eigenvalue weighted by atomic mass is 16.5. The molecule has 2 heterocycles. The van der Waals surface area contributed by atoms with Gasteiger partial charge in [0.1, 0.15) is 11.8 Å². The van der Waals surface area contributed by atoms with E-state index in [2.05, 4.69) is 23.4 Å². The second-order valence-electron chi connectivity index (χ2n) is 12.4. The molecule has 0 spiro atoms. The summed E-state index contributed by atoms with van der Waals surface area (Å²) in [5.41, 5.74) is 11.9. The van der Waals surface area contributed by atoms with E-state index in [1.165, 1.54) is 5.56 Å². The van der Waals surface area contributed by atoms with Crippen molar-refractivity contribution < 1.29 is 29.0 Å². The molecule has 258 valence electrons. The summed E-state index contributed by atoms with van der Waals surface area (Å²) in [5.74, 6) is 0.387. The summed E-state index contributed by atoms with van der Waals surface area (Å²) in [4.78, 5) is 38.6. The van der Waals surface area contributed by atoms with Crippen LogP contribution in [-0.2, 0) is 16.1 Å². The average Bonchev–Trinajstić information content (AvgIpc) is 3.45. The van der Waals surface area contributed by atoms with E-state index < -0.39 is 12.0 Å². The second-order valence-corrected chi connectivity index (χ2v) is 12.4. The first kappa shape index (κ1) is 35.2. The van der Waals surface area contributed by atoms with Crippen LogP contribution in [0.1, 0.15) is 65.6 Å². The monoisotopic (exact) mass is 667 g/mol. The Balaban J connectivity index is 1.16. The van der Waals surface area contributed by atoms with Crippen LogP contribution in [-0.4, -0.2) is 65.0 Å². The summed E-state index contributed by atoms with van der Waals surface area (Å²) < 4.78 is 14.0. The van der Waals surface area contributed by atoms with Crippen molar-refractivity contribution in [1.29, 1.82) is 0 Å². The number of benzene rings is 3. The average molecular weight is 668 g/mol. The number of nitrogens with zero attached hydrogens (tertiary/aromatic N) is 3. The molecule has 0 radical (unpaired) electrons. The van der Waals surface area contributed by atoms with E-state index in [1.807, 2.05) is 65.2 Å². The summed E-state index contributed by atoms with van der Waals surface area (Å²) in [5, 5.41) is 16.3. The highest BCUT2D eigenvalue weighted by Gasteiger charge is 2.25. The van der Waals surface area contributed by atoms with Crippen molar-refractivity contribution in [2.24, 2.45) is 5.73 Å². The van der Waals surface area contributed by atoms with Crippen molar-refractivity contribution >= 4 is 23.5 Å². The summed E-state index contributed by atoms with van der Waals surface area (Å²) in [6, 6.07) is 18.4. The SMILES string of the molecule is Cc1cccc(OCCCC(=O)N2CCCOc3c(-c4cnn(Cc5ccc(C(=O)NCCCC[C@H](N)C(=O)O)cc5)c4)cccc32)c1C. The number of carbonyl (C=O) groups excluding carboxylic acids is 2. The van der Waals surface area contributed by atoms with Crippen molar-refractivity contribution in [2.75, 3.05) is 31.2 Å². The molecule has 11 nitrogen and oxygen atoms in total. The molecule has 3 aromatic carbocycles. The number of carbonyl (C=O) groups is 3. The summed E-state index contributed by atoms with van der Waals surface area (Å²) >= 11 is 0. The Morgan fingerprint density at radius 3 is 2.63 bits per heavy atom. The van der Waals surface area contributed by atoms with Gasteiger partial charge in [-0.2, -0.15) is 5.10 Å². The van der Waals surface area contributed by atoms with Crippen molar-refractivity contribution in [2.45, 2.75) is 65.0 Å². The molecule has 0 aliphatic carbocycles. The summed E-state index contributed by atoms with van der Waals surface area (Å²) in [6.07, 6.45) is 7.12. The fourth-order valence-electron chi connectivity index (χ4n) is 5.77. The van der Waals surface area contributed by atoms with Gasteiger partial charge in [-0.05, 0) is 86.9 Å². The molecule has 1 aliphatic heterocycles. The number of aryl methyl sites for hydroxylation is 1. The van der Waals surface area contributed by atoms with Gasteiger partial charge in [-0.15, -0.1) is 0 Å². The first-order chi connectivity index (χ1) is 23.7. The molecule has 5 rings (SSSR count). The maximum Gasteiger partial charge on any atom is 0.320 e. The predicted octanol–water partition coefficient (Wildman–Crippen LogP) is 5.50. The highest BCUT2D eigenvalue weighted by molar-refractivity contribution is 5.97. The van der Waals surface area contributed by atoms with Crippen LogP contribution in [0.15, 0.2) is 73.1 Å². The molecule has 0 unspecified atom stereocenters. The zero-order valence-electron chi connectivity index (χ0n) is 28.2. The van der Waals surface area contributed by atoms with E-state index in [0.29, 0.717) is 76.3 Å². The number of nitrogens with one attached hydrogen (secondary N) is 1. The minimum atomic E-state index is -1.01. The summed E-state index contributed by atoms with van der Waals surface area (Å²) in [6.45, 7) is 6.63. The molecule has 4 aromatic rings. The molecule has 2 amide bonds. The number of fused-ring (bicyclic) bond motifs is 1. The van der Waals surface area contributed by atoms with Crippen molar-refractivity contribution in [3.05, 3.63) is 95.3 Å². The molecule has 1 atom stereocenters. The standard InChI is InChI=1S/C38H45N5O6/c1-26-9-5-13-34(27(26)2)48-21-7-14-35(44)43-20-8-22-49-36-31(10-6-12-33(36)43)30-23-41-42(25-30)24-28-15-17-29(18-16-28)37(45)40-19-4-3-11-32(39)38(46)47/h5-6,9-10,12-13,15-18,23,25,32H,3-4,7-8,11,14,19-22,24,39H2,1-2H3,(H,40,45)(H,46,47)/t32-/m0/s1. The lowest BCUT2D eigenvalue weighted by molar-refractivity contribution is -0.138. The van der Waals surface area contributed by atoms with Crippen LogP contribution in [0.2, 0.25) is 0 Å². The molecular weight excluding hydrogens is 622 g/mol. The minimum absolute atomic E-state index is 0.0433. The number of amides is 2. The molecule has 1 aromatic heterocycles. The fourth-order valence-corrected chi connectivity index (χ4v) is 5.77.